The lowest BCUT2D eigenvalue weighted by Crippen LogP contribution is -2.36. The summed E-state index contributed by atoms with van der Waals surface area (Å²) < 4.78 is 52.1. The molecule has 0 aliphatic carbocycles. The van der Waals surface area contributed by atoms with Crippen molar-refractivity contribution in [2.24, 2.45) is 0 Å². The van der Waals surface area contributed by atoms with Gasteiger partial charge in [0, 0.05) is 5.75 Å². The number of alkyl halides is 3. The molecule has 0 radical (unpaired) electrons. The van der Waals surface area contributed by atoms with Gasteiger partial charge >= 0.3 is 12.1 Å². The highest BCUT2D eigenvalue weighted by atomic mass is 32.2. The molecular weight excluding hydrogens is 323 g/mol. The summed E-state index contributed by atoms with van der Waals surface area (Å²) in [4.78, 5) is 23.2. The zero-order valence-corrected chi connectivity index (χ0v) is 12.4. The van der Waals surface area contributed by atoms with E-state index >= 15 is 0 Å². The Morgan fingerprint density at radius 2 is 1.91 bits per heavy atom. The van der Waals surface area contributed by atoms with Gasteiger partial charge in [-0.25, -0.2) is 4.79 Å². The van der Waals surface area contributed by atoms with Crippen molar-refractivity contribution in [3.05, 3.63) is 29.8 Å². The molecule has 0 saturated heterocycles. The molecule has 9 heteroatoms. The number of halogens is 3. The van der Waals surface area contributed by atoms with Crippen molar-refractivity contribution in [2.75, 3.05) is 18.9 Å². The summed E-state index contributed by atoms with van der Waals surface area (Å²) in [6.07, 6.45) is -4.54. The molecule has 0 aromatic heterocycles. The van der Waals surface area contributed by atoms with E-state index in [0.717, 1.165) is 0 Å². The minimum Gasteiger partial charge on any atom is -0.452 e. The molecule has 1 aromatic rings. The molecule has 0 unspecified atom stereocenters. The zero-order chi connectivity index (χ0) is 16.8. The van der Waals surface area contributed by atoms with Crippen LogP contribution in [0.25, 0.3) is 0 Å². The summed E-state index contributed by atoms with van der Waals surface area (Å²) in [6, 6.07) is 5.98. The largest absolute Gasteiger partial charge is 0.452 e. The number of benzene rings is 1. The molecule has 1 amide bonds. The van der Waals surface area contributed by atoms with E-state index in [1.165, 1.54) is 18.2 Å². The van der Waals surface area contributed by atoms with Gasteiger partial charge in [-0.2, -0.15) is 13.2 Å². The molecule has 1 N–H and O–H groups in total. The molecule has 0 saturated carbocycles. The predicted molar refractivity (Wildman–Crippen MR) is 72.7 cm³/mol. The fourth-order valence-electron chi connectivity index (χ4n) is 1.45. The first kappa shape index (κ1) is 18.1. The Labute approximate surface area is 127 Å². The topological polar surface area (TPSA) is 72.5 Å². The summed E-state index contributed by atoms with van der Waals surface area (Å²) in [6.45, 7) is -0.676. The van der Waals surface area contributed by atoms with Gasteiger partial charge in [0.15, 0.2) is 6.61 Å². The highest BCUT2D eigenvalue weighted by molar-refractivity contribution is 7.85. The van der Waals surface area contributed by atoms with Crippen LogP contribution in [0.3, 0.4) is 0 Å². The smallest absolute Gasteiger partial charge is 0.405 e. The minimum absolute atomic E-state index is 0.0197. The number of esters is 1. The van der Waals surface area contributed by atoms with Gasteiger partial charge in [-0.3, -0.25) is 9.00 Å². The molecule has 1 atom stereocenters. The highest BCUT2D eigenvalue weighted by Crippen LogP contribution is 2.15. The summed E-state index contributed by atoms with van der Waals surface area (Å²) in [5.41, 5.74) is 0.0197. The van der Waals surface area contributed by atoms with E-state index in [2.05, 4.69) is 4.74 Å². The Kier molecular flexibility index (Phi) is 6.54. The number of hydrogen-bond acceptors (Lipinski definition) is 4. The van der Waals surface area contributed by atoms with Gasteiger partial charge in [-0.15, -0.1) is 0 Å². The number of ether oxygens (including phenoxy) is 1. The minimum atomic E-state index is -4.54. The molecule has 0 spiro atoms. The van der Waals surface area contributed by atoms with Crippen molar-refractivity contribution in [3.63, 3.8) is 0 Å². The molecule has 122 valence electrons. The quantitative estimate of drug-likeness (QED) is 0.801. The van der Waals surface area contributed by atoms with Crippen LogP contribution in [-0.4, -0.2) is 41.2 Å². The Bertz CT molecular complexity index is 575. The molecular formula is C13H14F3NO4S. The third-order valence-electron chi connectivity index (χ3n) is 2.43. The molecule has 0 bridgehead atoms. The normalized spacial score (nSPS) is 12.5. The molecule has 0 aliphatic heterocycles. The van der Waals surface area contributed by atoms with Crippen molar-refractivity contribution in [1.29, 1.82) is 0 Å². The fourth-order valence-corrected chi connectivity index (χ4v) is 2.39. The van der Waals surface area contributed by atoms with Crippen LogP contribution in [0, 0.1) is 0 Å². The van der Waals surface area contributed by atoms with E-state index in [1.807, 2.05) is 0 Å². The van der Waals surface area contributed by atoms with E-state index in [-0.39, 0.29) is 16.2 Å². The van der Waals surface area contributed by atoms with Gasteiger partial charge in [0.2, 0.25) is 0 Å². The van der Waals surface area contributed by atoms with E-state index in [0.29, 0.717) is 0 Å². The van der Waals surface area contributed by atoms with Crippen LogP contribution in [-0.2, 0) is 20.3 Å². The first-order valence-corrected chi connectivity index (χ1v) is 7.54. The van der Waals surface area contributed by atoms with Crippen LogP contribution in [0.4, 0.5) is 13.2 Å². The van der Waals surface area contributed by atoms with Gasteiger partial charge < -0.3 is 10.1 Å². The maximum atomic E-state index is 11.9. The standard InChI is InChI=1S/C13H14F3NO4S/c1-2-22(20)10-6-4-3-5-9(10)12(19)21-7-11(18)17-8-13(14,15)16/h3-6H,2,7-8H2,1H3,(H,17,18)/t22-/m1/s1. The SMILES string of the molecule is CC[S@@](=O)c1ccccc1C(=O)OCC(=O)NCC(F)(F)F. The second-order valence-electron chi connectivity index (χ2n) is 4.10. The molecule has 22 heavy (non-hydrogen) atoms. The maximum absolute atomic E-state index is 11.9. The highest BCUT2D eigenvalue weighted by Gasteiger charge is 2.28. The van der Waals surface area contributed by atoms with Gasteiger partial charge in [0.25, 0.3) is 5.91 Å². The zero-order valence-electron chi connectivity index (χ0n) is 11.6. The molecule has 0 heterocycles. The third-order valence-corrected chi connectivity index (χ3v) is 3.81. The monoisotopic (exact) mass is 337 g/mol. The maximum Gasteiger partial charge on any atom is 0.405 e. The van der Waals surface area contributed by atoms with Crippen molar-refractivity contribution in [1.82, 2.24) is 5.32 Å². The summed E-state index contributed by atoms with van der Waals surface area (Å²) in [5, 5.41) is 1.58. The number of amides is 1. The fraction of sp³-hybridized carbons (Fsp3) is 0.385. The lowest BCUT2D eigenvalue weighted by Gasteiger charge is -2.10. The molecule has 0 fully saturated rings. The molecule has 1 aromatic carbocycles. The predicted octanol–water partition coefficient (Wildman–Crippen LogP) is 1.65. The van der Waals surface area contributed by atoms with Crippen LogP contribution in [0.2, 0.25) is 0 Å². The Hall–Kier alpha value is -1.90. The molecule has 5 nitrogen and oxygen atoms in total. The number of carbonyl (C=O) groups is 2. The average Bonchev–Trinajstić information content (AvgIpc) is 2.49. The van der Waals surface area contributed by atoms with Gasteiger partial charge in [0.1, 0.15) is 6.54 Å². The summed E-state index contributed by atoms with van der Waals surface area (Å²) in [7, 11) is -1.40. The lowest BCUT2D eigenvalue weighted by atomic mass is 10.2. The van der Waals surface area contributed by atoms with Crippen LogP contribution in [0.15, 0.2) is 29.2 Å². The van der Waals surface area contributed by atoms with Crippen LogP contribution in [0.5, 0.6) is 0 Å². The van der Waals surface area contributed by atoms with E-state index in [9.17, 15) is 27.0 Å². The second-order valence-corrected chi connectivity index (χ2v) is 5.81. The van der Waals surface area contributed by atoms with Crippen molar-refractivity contribution < 1.29 is 31.7 Å². The third kappa shape index (κ3) is 5.84. The van der Waals surface area contributed by atoms with Gasteiger partial charge in [-0.1, -0.05) is 19.1 Å². The van der Waals surface area contributed by atoms with E-state index < -0.39 is 42.0 Å². The summed E-state index contributed by atoms with van der Waals surface area (Å²) >= 11 is 0. The van der Waals surface area contributed by atoms with Crippen molar-refractivity contribution >= 4 is 22.7 Å². The molecule has 0 aliphatic rings. The van der Waals surface area contributed by atoms with Crippen molar-refractivity contribution in [3.8, 4) is 0 Å². The first-order valence-electron chi connectivity index (χ1n) is 6.22. The second kappa shape index (κ2) is 7.92. The average molecular weight is 337 g/mol. The summed E-state index contributed by atoms with van der Waals surface area (Å²) in [5.74, 6) is -1.70. The van der Waals surface area contributed by atoms with Gasteiger partial charge in [0.05, 0.1) is 21.3 Å². The van der Waals surface area contributed by atoms with E-state index in [4.69, 9.17) is 0 Å². The van der Waals surface area contributed by atoms with Gasteiger partial charge in [-0.05, 0) is 12.1 Å². The van der Waals surface area contributed by atoms with Crippen LogP contribution >= 0.6 is 0 Å². The molecule has 1 rings (SSSR count). The number of carbonyl (C=O) groups excluding carboxylic acids is 2. The van der Waals surface area contributed by atoms with Crippen molar-refractivity contribution in [2.45, 2.75) is 18.0 Å². The first-order chi connectivity index (χ1) is 10.2. The Morgan fingerprint density at radius 1 is 1.27 bits per heavy atom. The van der Waals surface area contributed by atoms with Crippen LogP contribution < -0.4 is 5.32 Å². The Morgan fingerprint density at radius 3 is 2.50 bits per heavy atom. The van der Waals surface area contributed by atoms with Crippen LogP contribution in [0.1, 0.15) is 17.3 Å². The lowest BCUT2D eigenvalue weighted by molar-refractivity contribution is -0.140. The Balaban J connectivity index is 2.63. The van der Waals surface area contributed by atoms with E-state index in [1.54, 1.807) is 18.3 Å². The number of nitrogens with one attached hydrogen (secondary N) is 1. The number of hydrogen-bond donors (Lipinski definition) is 1. The number of rotatable bonds is 6.